The predicted molar refractivity (Wildman–Crippen MR) is 98.7 cm³/mol. The van der Waals surface area contributed by atoms with Gasteiger partial charge in [0, 0.05) is 16.9 Å². The molecule has 0 amide bonds. The molecule has 4 rings (SSSR count). The number of nitrogens with two attached hydrogens (primary N) is 1. The molecule has 0 saturated carbocycles. The van der Waals surface area contributed by atoms with Crippen molar-refractivity contribution in [2.24, 2.45) is 0 Å². The van der Waals surface area contributed by atoms with Crippen molar-refractivity contribution in [3.63, 3.8) is 0 Å². The third kappa shape index (κ3) is 2.71. The molecule has 0 radical (unpaired) electrons. The van der Waals surface area contributed by atoms with E-state index in [-0.39, 0.29) is 0 Å². The number of rotatable bonds is 3. The molecule has 0 aliphatic rings. The van der Waals surface area contributed by atoms with E-state index in [1.54, 1.807) is 11.3 Å². The van der Waals surface area contributed by atoms with Gasteiger partial charge in [0.2, 0.25) is 0 Å². The van der Waals surface area contributed by atoms with Gasteiger partial charge in [-0.25, -0.2) is 4.98 Å². The van der Waals surface area contributed by atoms with Crippen molar-refractivity contribution < 1.29 is 0 Å². The Bertz CT molecular complexity index is 952. The Balaban J connectivity index is 1.80. The minimum Gasteiger partial charge on any atom is -0.375 e. The largest absolute Gasteiger partial charge is 0.375 e. The van der Waals surface area contributed by atoms with Crippen molar-refractivity contribution in [1.29, 1.82) is 0 Å². The van der Waals surface area contributed by atoms with Crippen LogP contribution in [0.4, 0.5) is 5.13 Å². The maximum Gasteiger partial charge on any atom is 0.180 e. The summed E-state index contributed by atoms with van der Waals surface area (Å²) in [6.07, 6.45) is 0.848. The summed E-state index contributed by atoms with van der Waals surface area (Å²) in [5.74, 6) is 0. The van der Waals surface area contributed by atoms with Crippen LogP contribution in [0, 0.1) is 0 Å². The summed E-state index contributed by atoms with van der Waals surface area (Å²) in [6.45, 7) is 0. The van der Waals surface area contributed by atoms with Crippen LogP contribution in [0.5, 0.6) is 0 Å². The Morgan fingerprint density at radius 3 is 2.43 bits per heavy atom. The molecule has 0 aliphatic carbocycles. The van der Waals surface area contributed by atoms with Gasteiger partial charge in [-0.05, 0) is 16.3 Å². The Hall–Kier alpha value is -2.65. The number of thiazole rings is 1. The van der Waals surface area contributed by atoms with E-state index in [0.717, 1.165) is 17.7 Å². The summed E-state index contributed by atoms with van der Waals surface area (Å²) in [7, 11) is 0. The van der Waals surface area contributed by atoms with Crippen molar-refractivity contribution in [2.75, 3.05) is 5.73 Å². The first-order valence-electron chi connectivity index (χ1n) is 7.58. The highest BCUT2D eigenvalue weighted by atomic mass is 32.1. The van der Waals surface area contributed by atoms with Gasteiger partial charge < -0.3 is 5.73 Å². The zero-order valence-corrected chi connectivity index (χ0v) is 13.4. The molecule has 0 fully saturated rings. The number of benzene rings is 3. The molecule has 0 spiro atoms. The van der Waals surface area contributed by atoms with E-state index in [2.05, 4.69) is 59.6 Å². The van der Waals surface area contributed by atoms with Gasteiger partial charge in [0.15, 0.2) is 5.13 Å². The second kappa shape index (κ2) is 5.86. The van der Waals surface area contributed by atoms with Gasteiger partial charge in [-0.15, -0.1) is 11.3 Å². The minimum absolute atomic E-state index is 0.624. The highest BCUT2D eigenvalue weighted by molar-refractivity contribution is 7.15. The molecule has 2 N–H and O–H groups in total. The van der Waals surface area contributed by atoms with Gasteiger partial charge in [-0.3, -0.25) is 0 Å². The highest BCUT2D eigenvalue weighted by Gasteiger charge is 2.13. The van der Waals surface area contributed by atoms with Crippen LogP contribution in [0.25, 0.3) is 22.0 Å². The van der Waals surface area contributed by atoms with Crippen LogP contribution in [0.15, 0.2) is 72.8 Å². The number of fused-ring (bicyclic) bond motifs is 1. The first-order chi connectivity index (χ1) is 11.3. The van der Waals surface area contributed by atoms with E-state index < -0.39 is 0 Å². The topological polar surface area (TPSA) is 38.9 Å². The third-order valence-electron chi connectivity index (χ3n) is 3.99. The lowest BCUT2D eigenvalue weighted by atomic mass is 10.00. The second-order valence-corrected chi connectivity index (χ2v) is 6.62. The van der Waals surface area contributed by atoms with E-state index in [9.17, 15) is 0 Å². The SMILES string of the molecule is Nc1nc(-c2ccccc2)c(Cc2cccc3ccccc23)s1. The number of aromatic nitrogens is 1. The lowest BCUT2D eigenvalue weighted by Crippen LogP contribution is -1.90. The van der Waals surface area contributed by atoms with E-state index in [1.165, 1.54) is 21.2 Å². The Labute approximate surface area is 139 Å². The van der Waals surface area contributed by atoms with Crippen molar-refractivity contribution in [1.82, 2.24) is 4.98 Å². The lowest BCUT2D eigenvalue weighted by Gasteiger charge is -2.07. The average molecular weight is 316 g/mol. The molecule has 0 atom stereocenters. The molecule has 0 bridgehead atoms. The van der Waals surface area contributed by atoms with Crippen molar-refractivity contribution >= 4 is 27.2 Å². The van der Waals surface area contributed by atoms with E-state index >= 15 is 0 Å². The number of anilines is 1. The summed E-state index contributed by atoms with van der Waals surface area (Å²) in [6, 6.07) is 25.2. The molecule has 23 heavy (non-hydrogen) atoms. The van der Waals surface area contributed by atoms with Crippen LogP contribution < -0.4 is 5.73 Å². The molecule has 3 aromatic carbocycles. The fraction of sp³-hybridized carbons (Fsp3) is 0.0500. The molecule has 0 saturated heterocycles. The van der Waals surface area contributed by atoms with Crippen molar-refractivity contribution in [3.05, 3.63) is 83.2 Å². The number of nitrogen functional groups attached to an aromatic ring is 1. The molecular weight excluding hydrogens is 300 g/mol. The molecule has 112 valence electrons. The molecule has 3 heteroatoms. The maximum absolute atomic E-state index is 5.99. The van der Waals surface area contributed by atoms with Crippen LogP contribution in [-0.4, -0.2) is 4.98 Å². The second-order valence-electron chi connectivity index (χ2n) is 5.50. The van der Waals surface area contributed by atoms with Gasteiger partial charge in [-0.1, -0.05) is 72.8 Å². The first-order valence-corrected chi connectivity index (χ1v) is 8.40. The number of nitrogens with zero attached hydrogens (tertiary/aromatic N) is 1. The molecule has 2 nitrogen and oxygen atoms in total. The molecule has 0 aliphatic heterocycles. The van der Waals surface area contributed by atoms with Crippen LogP contribution in [-0.2, 0) is 6.42 Å². The highest BCUT2D eigenvalue weighted by Crippen LogP contribution is 2.32. The van der Waals surface area contributed by atoms with Crippen LogP contribution in [0.3, 0.4) is 0 Å². The van der Waals surface area contributed by atoms with Gasteiger partial charge in [0.25, 0.3) is 0 Å². The summed E-state index contributed by atoms with van der Waals surface area (Å²) < 4.78 is 0. The fourth-order valence-electron chi connectivity index (χ4n) is 2.93. The fourth-order valence-corrected chi connectivity index (χ4v) is 3.81. The van der Waals surface area contributed by atoms with E-state index in [1.807, 2.05) is 18.2 Å². The van der Waals surface area contributed by atoms with Gasteiger partial charge in [-0.2, -0.15) is 0 Å². The zero-order valence-electron chi connectivity index (χ0n) is 12.6. The first kappa shape index (κ1) is 14.0. The van der Waals surface area contributed by atoms with Crippen LogP contribution in [0.2, 0.25) is 0 Å². The normalized spacial score (nSPS) is 11.0. The monoisotopic (exact) mass is 316 g/mol. The smallest absolute Gasteiger partial charge is 0.180 e. The lowest BCUT2D eigenvalue weighted by molar-refractivity contribution is 1.24. The maximum atomic E-state index is 5.99. The minimum atomic E-state index is 0.624. The van der Waals surface area contributed by atoms with E-state index in [4.69, 9.17) is 5.73 Å². The number of hydrogen-bond donors (Lipinski definition) is 1. The van der Waals surface area contributed by atoms with Gasteiger partial charge in [0.1, 0.15) is 0 Å². The Morgan fingerprint density at radius 1 is 0.826 bits per heavy atom. The zero-order chi connectivity index (χ0) is 15.6. The standard InChI is InChI=1S/C20H16N2S/c21-20-22-19(15-8-2-1-3-9-15)18(23-20)13-16-11-6-10-14-7-4-5-12-17(14)16/h1-12H,13H2,(H2,21,22). The summed E-state index contributed by atoms with van der Waals surface area (Å²) >= 11 is 1.58. The summed E-state index contributed by atoms with van der Waals surface area (Å²) in [4.78, 5) is 5.77. The van der Waals surface area contributed by atoms with Crippen LogP contribution >= 0.6 is 11.3 Å². The van der Waals surface area contributed by atoms with Gasteiger partial charge >= 0.3 is 0 Å². The molecule has 4 aromatic rings. The predicted octanol–water partition coefficient (Wildman–Crippen LogP) is 5.14. The molecule has 1 aromatic heterocycles. The quantitative estimate of drug-likeness (QED) is 0.568. The molecule has 0 unspecified atom stereocenters. The van der Waals surface area contributed by atoms with Gasteiger partial charge in [0.05, 0.1) is 5.69 Å². The third-order valence-corrected chi connectivity index (χ3v) is 4.88. The van der Waals surface area contributed by atoms with Crippen LogP contribution in [0.1, 0.15) is 10.4 Å². The summed E-state index contributed by atoms with van der Waals surface area (Å²) in [5.41, 5.74) is 9.42. The Morgan fingerprint density at radius 2 is 1.57 bits per heavy atom. The molecule has 1 heterocycles. The van der Waals surface area contributed by atoms with Crippen molar-refractivity contribution in [3.8, 4) is 11.3 Å². The van der Waals surface area contributed by atoms with E-state index in [0.29, 0.717) is 5.13 Å². The summed E-state index contributed by atoms with van der Waals surface area (Å²) in [5, 5.41) is 3.18. The number of hydrogen-bond acceptors (Lipinski definition) is 3. The molecular formula is C20H16N2S. The van der Waals surface area contributed by atoms with Crippen molar-refractivity contribution in [2.45, 2.75) is 6.42 Å². The average Bonchev–Trinajstić information content (AvgIpc) is 2.96. The Kier molecular flexibility index (Phi) is 3.56.